The van der Waals surface area contributed by atoms with Crippen LogP contribution in [-0.4, -0.2) is 23.2 Å². The minimum atomic E-state index is -1.58. The predicted molar refractivity (Wildman–Crippen MR) is 121 cm³/mol. The summed E-state index contributed by atoms with van der Waals surface area (Å²) in [6.07, 6.45) is 16.4. The molecule has 0 amide bonds. The van der Waals surface area contributed by atoms with E-state index < -0.39 is 16.6 Å². The first-order valence-electron chi connectivity index (χ1n) is 11.5. The van der Waals surface area contributed by atoms with E-state index in [1.54, 1.807) is 30.3 Å². The molecule has 0 N–H and O–H groups in total. The highest BCUT2D eigenvalue weighted by molar-refractivity contribution is 5.90. The molecule has 0 bridgehead atoms. The number of nitro groups is 1. The molecule has 1 aliphatic carbocycles. The van der Waals surface area contributed by atoms with Crippen molar-refractivity contribution in [3.05, 3.63) is 70.0 Å². The third-order valence-electron chi connectivity index (χ3n) is 5.48. The zero-order chi connectivity index (χ0) is 22.4. The van der Waals surface area contributed by atoms with E-state index in [9.17, 15) is 14.9 Å². The van der Waals surface area contributed by atoms with Crippen LogP contribution in [0.2, 0.25) is 0 Å². The van der Waals surface area contributed by atoms with Crippen molar-refractivity contribution in [2.45, 2.75) is 83.3 Å². The molecule has 1 atom stereocenters. The SMILES string of the molecule is CCCCCCCCCCCCOC1([N+](=O)[O-])C=CC(OC(=O)c2ccccc2)=CC1. The Morgan fingerprint density at radius 2 is 1.61 bits per heavy atom. The molecule has 6 nitrogen and oxygen atoms in total. The fourth-order valence-electron chi connectivity index (χ4n) is 3.54. The molecule has 0 radical (unpaired) electrons. The second kappa shape index (κ2) is 13.8. The van der Waals surface area contributed by atoms with Gasteiger partial charge in [-0.25, -0.2) is 4.79 Å². The molecule has 0 saturated carbocycles. The monoisotopic (exact) mass is 429 g/mol. The number of ether oxygens (including phenoxy) is 2. The summed E-state index contributed by atoms with van der Waals surface area (Å²) in [4.78, 5) is 23.4. The molecular formula is C25H35NO5. The van der Waals surface area contributed by atoms with Gasteiger partial charge in [0.15, 0.2) is 0 Å². The molecule has 0 heterocycles. The van der Waals surface area contributed by atoms with E-state index in [1.165, 1.54) is 57.1 Å². The Morgan fingerprint density at radius 1 is 1.00 bits per heavy atom. The third kappa shape index (κ3) is 8.66. The number of allylic oxidation sites excluding steroid dienone is 1. The van der Waals surface area contributed by atoms with E-state index >= 15 is 0 Å². The smallest absolute Gasteiger partial charge is 0.348 e. The van der Waals surface area contributed by atoms with Crippen LogP contribution in [0.3, 0.4) is 0 Å². The average Bonchev–Trinajstić information content (AvgIpc) is 2.79. The van der Waals surface area contributed by atoms with Crippen LogP contribution >= 0.6 is 0 Å². The number of hydrogen-bond donors (Lipinski definition) is 0. The first kappa shape index (κ1) is 24.8. The minimum absolute atomic E-state index is 0.0334. The van der Waals surface area contributed by atoms with Gasteiger partial charge in [-0.05, 0) is 30.7 Å². The van der Waals surface area contributed by atoms with E-state index in [-0.39, 0.29) is 6.42 Å². The summed E-state index contributed by atoms with van der Waals surface area (Å²) in [6.45, 7) is 2.57. The Labute approximate surface area is 185 Å². The summed E-state index contributed by atoms with van der Waals surface area (Å²) in [5.41, 5.74) is -1.15. The summed E-state index contributed by atoms with van der Waals surface area (Å²) >= 11 is 0. The number of nitrogens with zero attached hydrogens (tertiary/aromatic N) is 1. The van der Waals surface area contributed by atoms with E-state index in [1.807, 2.05) is 6.07 Å². The van der Waals surface area contributed by atoms with Gasteiger partial charge in [0.1, 0.15) is 5.76 Å². The first-order chi connectivity index (χ1) is 15.1. The van der Waals surface area contributed by atoms with Crippen LogP contribution < -0.4 is 0 Å². The molecule has 0 spiro atoms. The van der Waals surface area contributed by atoms with Crippen LogP contribution in [0.1, 0.15) is 87.9 Å². The van der Waals surface area contributed by atoms with Crippen LogP contribution in [0, 0.1) is 10.1 Å². The summed E-state index contributed by atoms with van der Waals surface area (Å²) in [7, 11) is 0. The highest BCUT2D eigenvalue weighted by Crippen LogP contribution is 2.27. The lowest BCUT2D eigenvalue weighted by molar-refractivity contribution is -0.613. The van der Waals surface area contributed by atoms with Gasteiger partial charge < -0.3 is 9.47 Å². The van der Waals surface area contributed by atoms with Crippen molar-refractivity contribution >= 4 is 5.97 Å². The Morgan fingerprint density at radius 3 is 2.16 bits per heavy atom. The Balaban J connectivity index is 1.67. The van der Waals surface area contributed by atoms with Gasteiger partial charge in [-0.15, -0.1) is 0 Å². The maximum atomic E-state index is 12.1. The van der Waals surface area contributed by atoms with Crippen molar-refractivity contribution in [3.8, 4) is 0 Å². The van der Waals surface area contributed by atoms with E-state index in [4.69, 9.17) is 9.47 Å². The highest BCUT2D eigenvalue weighted by Gasteiger charge is 2.42. The van der Waals surface area contributed by atoms with Crippen molar-refractivity contribution in [2.24, 2.45) is 0 Å². The zero-order valence-electron chi connectivity index (χ0n) is 18.6. The van der Waals surface area contributed by atoms with Gasteiger partial charge in [-0.1, -0.05) is 82.9 Å². The average molecular weight is 430 g/mol. The lowest BCUT2D eigenvalue weighted by Crippen LogP contribution is -2.40. The van der Waals surface area contributed by atoms with Crippen LogP contribution in [0.25, 0.3) is 0 Å². The number of rotatable bonds is 15. The van der Waals surface area contributed by atoms with Gasteiger partial charge in [-0.3, -0.25) is 10.1 Å². The molecule has 31 heavy (non-hydrogen) atoms. The van der Waals surface area contributed by atoms with Crippen molar-refractivity contribution in [3.63, 3.8) is 0 Å². The van der Waals surface area contributed by atoms with Crippen molar-refractivity contribution < 1.29 is 19.2 Å². The molecule has 0 fully saturated rings. The number of esters is 1. The highest BCUT2D eigenvalue weighted by atomic mass is 16.7. The molecule has 2 rings (SSSR count). The topological polar surface area (TPSA) is 78.7 Å². The van der Waals surface area contributed by atoms with Crippen LogP contribution in [0.15, 0.2) is 54.3 Å². The van der Waals surface area contributed by atoms with Gasteiger partial charge in [-0.2, -0.15) is 0 Å². The van der Waals surface area contributed by atoms with E-state index in [2.05, 4.69) is 6.92 Å². The normalized spacial score (nSPS) is 17.9. The fourth-order valence-corrected chi connectivity index (χ4v) is 3.54. The maximum Gasteiger partial charge on any atom is 0.348 e. The van der Waals surface area contributed by atoms with Crippen molar-refractivity contribution in [1.29, 1.82) is 0 Å². The Hall–Kier alpha value is -2.47. The molecule has 170 valence electrons. The number of carbonyl (C=O) groups is 1. The fraction of sp³-hybridized carbons (Fsp3) is 0.560. The lowest BCUT2D eigenvalue weighted by Gasteiger charge is -2.23. The molecule has 1 unspecified atom stereocenters. The standard InChI is InChI=1S/C25H35NO5/c1-2-3-4-5-6-7-8-9-10-14-21-30-25(26(28)29)19-17-23(18-20-25)31-24(27)22-15-12-11-13-16-22/h11-13,15-19H,2-10,14,20-21H2,1H3. The maximum absolute atomic E-state index is 12.1. The zero-order valence-corrected chi connectivity index (χ0v) is 18.6. The van der Waals surface area contributed by atoms with Gasteiger partial charge in [0.2, 0.25) is 0 Å². The predicted octanol–water partition coefficient (Wildman–Crippen LogP) is 6.60. The lowest BCUT2D eigenvalue weighted by atomic mass is 10.0. The van der Waals surface area contributed by atoms with Crippen LogP contribution in [0.4, 0.5) is 0 Å². The van der Waals surface area contributed by atoms with Gasteiger partial charge in [0.25, 0.3) is 0 Å². The van der Waals surface area contributed by atoms with Crippen molar-refractivity contribution in [2.75, 3.05) is 6.61 Å². The molecule has 0 aliphatic heterocycles. The largest absolute Gasteiger partial charge is 0.423 e. The molecule has 1 aromatic rings. The van der Waals surface area contributed by atoms with Crippen LogP contribution in [0.5, 0.6) is 0 Å². The van der Waals surface area contributed by atoms with Crippen LogP contribution in [-0.2, 0) is 9.47 Å². The molecule has 0 saturated heterocycles. The third-order valence-corrected chi connectivity index (χ3v) is 5.48. The number of carbonyl (C=O) groups excluding carboxylic acids is 1. The van der Waals surface area contributed by atoms with Crippen molar-refractivity contribution in [1.82, 2.24) is 0 Å². The molecule has 1 aromatic carbocycles. The summed E-state index contributed by atoms with van der Waals surface area (Å²) in [5.74, 6) is -0.190. The van der Waals surface area contributed by atoms with Gasteiger partial charge in [0, 0.05) is 6.08 Å². The Kier molecular flexibility index (Phi) is 11.0. The quantitative estimate of drug-likeness (QED) is 0.103. The van der Waals surface area contributed by atoms with Gasteiger partial charge in [0.05, 0.1) is 23.5 Å². The number of hydrogen-bond acceptors (Lipinski definition) is 5. The van der Waals surface area contributed by atoms with E-state index in [0.29, 0.717) is 17.9 Å². The molecule has 1 aliphatic rings. The second-order valence-electron chi connectivity index (χ2n) is 8.03. The van der Waals surface area contributed by atoms with Gasteiger partial charge >= 0.3 is 11.7 Å². The molecular weight excluding hydrogens is 394 g/mol. The molecule has 0 aromatic heterocycles. The summed E-state index contributed by atoms with van der Waals surface area (Å²) in [5, 5.41) is 11.6. The summed E-state index contributed by atoms with van der Waals surface area (Å²) in [6, 6.07) is 8.63. The second-order valence-corrected chi connectivity index (χ2v) is 8.03. The minimum Gasteiger partial charge on any atom is -0.423 e. The molecule has 6 heteroatoms. The first-order valence-corrected chi connectivity index (χ1v) is 11.5. The Bertz CT molecular complexity index is 744. The number of benzene rings is 1. The summed E-state index contributed by atoms with van der Waals surface area (Å²) < 4.78 is 11.0. The van der Waals surface area contributed by atoms with E-state index in [0.717, 1.165) is 19.3 Å². The number of unbranched alkanes of at least 4 members (excludes halogenated alkanes) is 9.